The number of likely N-dealkylation sites (N-methyl/N-ethyl adjacent to an activating group) is 1. The third-order valence-corrected chi connectivity index (χ3v) is 2.15. The molecule has 1 aromatic rings. The molecular weight excluding hydrogens is 182 g/mol. The van der Waals surface area contributed by atoms with Crippen molar-refractivity contribution in [3.63, 3.8) is 0 Å². The van der Waals surface area contributed by atoms with Crippen LogP contribution in [0, 0.1) is 0 Å². The van der Waals surface area contributed by atoms with Crippen molar-refractivity contribution >= 4 is 0 Å². The van der Waals surface area contributed by atoms with Crippen LogP contribution in [0.3, 0.4) is 0 Å². The van der Waals surface area contributed by atoms with Gasteiger partial charge in [-0.2, -0.15) is 0 Å². The molecule has 0 aliphatic carbocycles. The van der Waals surface area contributed by atoms with Crippen molar-refractivity contribution in [2.24, 2.45) is 0 Å². The standard InChI is InChI=1S/C14H19N/c1-15-13-9-4-2-3-6-10-14-11-7-5-8-12-14/h2-5,7-9,11-12,15H,6,10,13H2,1H3/b3-2+,9-4+. The van der Waals surface area contributed by atoms with Crippen LogP contribution < -0.4 is 5.32 Å². The molecule has 1 nitrogen and oxygen atoms in total. The smallest absolute Gasteiger partial charge is 0.0134 e. The van der Waals surface area contributed by atoms with E-state index in [1.165, 1.54) is 5.56 Å². The Hall–Kier alpha value is -1.34. The van der Waals surface area contributed by atoms with E-state index in [9.17, 15) is 0 Å². The molecule has 0 radical (unpaired) electrons. The van der Waals surface area contributed by atoms with E-state index in [-0.39, 0.29) is 0 Å². The second-order valence-electron chi connectivity index (χ2n) is 3.44. The van der Waals surface area contributed by atoms with Crippen LogP contribution in [0.15, 0.2) is 54.6 Å². The first-order valence-corrected chi connectivity index (χ1v) is 5.43. The van der Waals surface area contributed by atoms with E-state index in [1.807, 2.05) is 7.05 Å². The first-order valence-electron chi connectivity index (χ1n) is 5.43. The Morgan fingerprint density at radius 1 is 1.07 bits per heavy atom. The number of hydrogen-bond acceptors (Lipinski definition) is 1. The van der Waals surface area contributed by atoms with Gasteiger partial charge in [0.1, 0.15) is 0 Å². The van der Waals surface area contributed by atoms with Crippen molar-refractivity contribution in [1.29, 1.82) is 0 Å². The molecule has 0 saturated carbocycles. The lowest BCUT2D eigenvalue weighted by atomic mass is 10.1. The molecule has 1 N–H and O–H groups in total. The Kier molecular flexibility index (Phi) is 6.26. The van der Waals surface area contributed by atoms with E-state index in [4.69, 9.17) is 0 Å². The minimum absolute atomic E-state index is 0.934. The molecule has 0 spiro atoms. The van der Waals surface area contributed by atoms with Crippen molar-refractivity contribution in [1.82, 2.24) is 5.32 Å². The summed E-state index contributed by atoms with van der Waals surface area (Å²) in [4.78, 5) is 0. The summed E-state index contributed by atoms with van der Waals surface area (Å²) in [6.07, 6.45) is 10.7. The van der Waals surface area contributed by atoms with Gasteiger partial charge in [0, 0.05) is 6.54 Å². The average molecular weight is 201 g/mol. The van der Waals surface area contributed by atoms with Crippen LogP contribution in [-0.2, 0) is 6.42 Å². The zero-order valence-corrected chi connectivity index (χ0v) is 9.32. The molecular formula is C14H19N. The first-order chi connectivity index (χ1) is 7.43. The van der Waals surface area contributed by atoms with E-state index in [1.54, 1.807) is 0 Å². The monoisotopic (exact) mass is 201 g/mol. The number of allylic oxidation sites excluding steroid dienone is 3. The van der Waals surface area contributed by atoms with E-state index >= 15 is 0 Å². The highest BCUT2D eigenvalue weighted by molar-refractivity contribution is 5.15. The van der Waals surface area contributed by atoms with Crippen LogP contribution in [0.2, 0.25) is 0 Å². The molecule has 0 fully saturated rings. The largest absolute Gasteiger partial charge is 0.316 e. The van der Waals surface area contributed by atoms with Crippen molar-refractivity contribution in [2.75, 3.05) is 13.6 Å². The van der Waals surface area contributed by atoms with Gasteiger partial charge in [0.2, 0.25) is 0 Å². The van der Waals surface area contributed by atoms with Gasteiger partial charge in [-0.15, -0.1) is 0 Å². The zero-order valence-electron chi connectivity index (χ0n) is 9.32. The quantitative estimate of drug-likeness (QED) is 0.698. The van der Waals surface area contributed by atoms with Gasteiger partial charge >= 0.3 is 0 Å². The molecule has 0 heterocycles. The molecule has 0 atom stereocenters. The van der Waals surface area contributed by atoms with Crippen LogP contribution in [0.1, 0.15) is 12.0 Å². The minimum atomic E-state index is 0.934. The summed E-state index contributed by atoms with van der Waals surface area (Å²) < 4.78 is 0. The predicted molar refractivity (Wildman–Crippen MR) is 67.0 cm³/mol. The van der Waals surface area contributed by atoms with Gasteiger partial charge in [-0.05, 0) is 25.5 Å². The van der Waals surface area contributed by atoms with Gasteiger partial charge in [-0.3, -0.25) is 0 Å². The van der Waals surface area contributed by atoms with Crippen molar-refractivity contribution in [2.45, 2.75) is 12.8 Å². The molecule has 1 heteroatoms. The normalized spacial score (nSPS) is 11.5. The van der Waals surface area contributed by atoms with Crippen LogP contribution in [0.4, 0.5) is 0 Å². The van der Waals surface area contributed by atoms with Crippen molar-refractivity contribution in [3.05, 3.63) is 60.2 Å². The lowest BCUT2D eigenvalue weighted by Gasteiger charge is -1.95. The summed E-state index contributed by atoms with van der Waals surface area (Å²) in [7, 11) is 1.95. The third kappa shape index (κ3) is 5.87. The van der Waals surface area contributed by atoms with Gasteiger partial charge < -0.3 is 5.32 Å². The molecule has 0 saturated heterocycles. The van der Waals surface area contributed by atoms with E-state index in [0.29, 0.717) is 0 Å². The summed E-state index contributed by atoms with van der Waals surface area (Å²) >= 11 is 0. The van der Waals surface area contributed by atoms with Crippen LogP contribution in [0.5, 0.6) is 0 Å². The fraction of sp³-hybridized carbons (Fsp3) is 0.286. The Morgan fingerprint density at radius 2 is 1.80 bits per heavy atom. The number of nitrogens with one attached hydrogen (secondary N) is 1. The van der Waals surface area contributed by atoms with Crippen LogP contribution in [0.25, 0.3) is 0 Å². The maximum Gasteiger partial charge on any atom is 0.0134 e. The molecule has 15 heavy (non-hydrogen) atoms. The Bertz CT molecular complexity index is 298. The number of aryl methyl sites for hydroxylation is 1. The summed E-state index contributed by atoms with van der Waals surface area (Å²) in [6.45, 7) is 0.934. The average Bonchev–Trinajstić information content (AvgIpc) is 2.29. The summed E-state index contributed by atoms with van der Waals surface area (Å²) in [5, 5.41) is 3.06. The second kappa shape index (κ2) is 8.01. The van der Waals surface area contributed by atoms with Gasteiger partial charge in [-0.1, -0.05) is 54.6 Å². The number of hydrogen-bond donors (Lipinski definition) is 1. The van der Waals surface area contributed by atoms with Gasteiger partial charge in [0.05, 0.1) is 0 Å². The second-order valence-corrected chi connectivity index (χ2v) is 3.44. The first kappa shape index (κ1) is 11.7. The SMILES string of the molecule is CNC/C=C/C=C/CCc1ccccc1. The van der Waals surface area contributed by atoms with Gasteiger partial charge in [0.25, 0.3) is 0 Å². The van der Waals surface area contributed by atoms with Crippen LogP contribution in [-0.4, -0.2) is 13.6 Å². The van der Waals surface area contributed by atoms with Gasteiger partial charge in [0.15, 0.2) is 0 Å². The summed E-state index contributed by atoms with van der Waals surface area (Å²) in [6, 6.07) is 10.6. The predicted octanol–water partition coefficient (Wildman–Crippen LogP) is 2.95. The van der Waals surface area contributed by atoms with Crippen LogP contribution >= 0.6 is 0 Å². The van der Waals surface area contributed by atoms with E-state index in [0.717, 1.165) is 19.4 Å². The maximum atomic E-state index is 3.06. The topological polar surface area (TPSA) is 12.0 Å². The Labute approximate surface area is 92.5 Å². The summed E-state index contributed by atoms with van der Waals surface area (Å²) in [5.41, 5.74) is 1.40. The van der Waals surface area contributed by atoms with Gasteiger partial charge in [-0.25, -0.2) is 0 Å². The van der Waals surface area contributed by atoms with Crippen molar-refractivity contribution in [3.8, 4) is 0 Å². The zero-order chi connectivity index (χ0) is 10.8. The van der Waals surface area contributed by atoms with E-state index in [2.05, 4.69) is 60.0 Å². The molecule has 80 valence electrons. The molecule has 0 aliphatic rings. The highest BCUT2D eigenvalue weighted by atomic mass is 14.8. The molecule has 0 bridgehead atoms. The molecule has 0 amide bonds. The molecule has 0 unspecified atom stereocenters. The van der Waals surface area contributed by atoms with Crippen molar-refractivity contribution < 1.29 is 0 Å². The number of benzene rings is 1. The van der Waals surface area contributed by atoms with E-state index < -0.39 is 0 Å². The highest BCUT2D eigenvalue weighted by Crippen LogP contribution is 2.02. The fourth-order valence-electron chi connectivity index (χ4n) is 1.33. The highest BCUT2D eigenvalue weighted by Gasteiger charge is 1.86. The third-order valence-electron chi connectivity index (χ3n) is 2.15. The summed E-state index contributed by atoms with van der Waals surface area (Å²) in [5.74, 6) is 0. The minimum Gasteiger partial charge on any atom is -0.316 e. The molecule has 0 aromatic heterocycles. The Morgan fingerprint density at radius 3 is 2.53 bits per heavy atom. The lowest BCUT2D eigenvalue weighted by molar-refractivity contribution is 0.919. The maximum absolute atomic E-state index is 3.06. The lowest BCUT2D eigenvalue weighted by Crippen LogP contribution is -2.03. The Balaban J connectivity index is 2.16. The number of rotatable bonds is 6. The fourth-order valence-corrected chi connectivity index (χ4v) is 1.33. The molecule has 1 rings (SSSR count). The molecule has 1 aromatic carbocycles. The molecule has 0 aliphatic heterocycles.